The van der Waals surface area contributed by atoms with Crippen molar-refractivity contribution in [3.05, 3.63) is 35.4 Å². The summed E-state index contributed by atoms with van der Waals surface area (Å²) in [6, 6.07) is 3.09. The Hall–Kier alpha value is -3.98. The fourth-order valence-corrected chi connectivity index (χ4v) is 3.06. The van der Waals surface area contributed by atoms with Crippen molar-refractivity contribution in [2.24, 2.45) is 0 Å². The lowest BCUT2D eigenvalue weighted by atomic mass is 9.99. The first kappa shape index (κ1) is 24.7. The number of rotatable bonds is 5. The zero-order valence-electron chi connectivity index (χ0n) is 17.0. The van der Waals surface area contributed by atoms with Gasteiger partial charge in [0.05, 0.1) is 11.1 Å². The number of esters is 2. The summed E-state index contributed by atoms with van der Waals surface area (Å²) in [5.41, 5.74) is -0.829. The van der Waals surface area contributed by atoms with E-state index in [2.05, 4.69) is 0 Å². The number of benzene rings is 2. The molecule has 3 rings (SSSR count). The molecule has 0 radical (unpaired) electrons. The molecule has 0 bridgehead atoms. The Balaban J connectivity index is 1.64. The predicted molar refractivity (Wildman–Crippen MR) is 105 cm³/mol. The van der Waals surface area contributed by atoms with Gasteiger partial charge in [0.25, 0.3) is 0 Å². The third-order valence-electron chi connectivity index (χ3n) is 4.90. The number of aliphatic hydroxyl groups is 3. The molecule has 1 saturated heterocycles. The molecule has 2 aromatic carbocycles. The van der Waals surface area contributed by atoms with Crippen LogP contribution in [-0.4, -0.2) is 95.2 Å². The van der Waals surface area contributed by atoms with E-state index in [1.807, 2.05) is 0 Å². The molecular formula is C20H20O14. The smallest absolute Gasteiger partial charge is 0.338 e. The third kappa shape index (κ3) is 4.84. The Kier molecular flexibility index (Phi) is 6.88. The fraction of sp³-hybridized carbons (Fsp3) is 0.300. The van der Waals surface area contributed by atoms with Gasteiger partial charge in [-0.15, -0.1) is 0 Å². The van der Waals surface area contributed by atoms with E-state index in [4.69, 9.17) is 14.2 Å². The minimum absolute atomic E-state index is 0.369. The molecule has 1 heterocycles. The molecule has 0 amide bonds. The van der Waals surface area contributed by atoms with Crippen molar-refractivity contribution in [1.82, 2.24) is 0 Å². The minimum Gasteiger partial charge on any atom is -0.504 e. The first-order chi connectivity index (χ1) is 15.9. The summed E-state index contributed by atoms with van der Waals surface area (Å²) in [6.45, 7) is -0.725. The Labute approximate surface area is 189 Å². The van der Waals surface area contributed by atoms with E-state index in [1.165, 1.54) is 0 Å². The molecule has 1 aliphatic heterocycles. The van der Waals surface area contributed by atoms with Gasteiger partial charge in [-0.1, -0.05) is 0 Å². The number of aromatic hydroxyl groups is 6. The standard InChI is InChI=1S/C20H20O14/c21-8-1-6(2-9(22)13(8)25)18(29)32-5-12-15(27)16(28)17(20(31)33-12)34-19(30)7-3-10(23)14(26)11(24)4-7/h1-4,12,15-17,20-28,31H,5H2/t12-,15-,16+,17-,20?/m1/s1. The second kappa shape index (κ2) is 9.48. The number of aliphatic hydroxyl groups excluding tert-OH is 3. The Bertz CT molecular complexity index is 1050. The lowest BCUT2D eigenvalue weighted by Gasteiger charge is -2.39. The van der Waals surface area contributed by atoms with Crippen molar-refractivity contribution in [2.75, 3.05) is 6.61 Å². The van der Waals surface area contributed by atoms with Gasteiger partial charge in [0.2, 0.25) is 0 Å². The summed E-state index contributed by atoms with van der Waals surface area (Å²) in [5.74, 6) is -7.41. The highest BCUT2D eigenvalue weighted by Crippen LogP contribution is 2.37. The van der Waals surface area contributed by atoms with E-state index in [0.29, 0.717) is 0 Å². The molecule has 1 unspecified atom stereocenters. The van der Waals surface area contributed by atoms with E-state index in [9.17, 15) is 55.5 Å². The van der Waals surface area contributed by atoms with Crippen LogP contribution in [0.25, 0.3) is 0 Å². The molecule has 34 heavy (non-hydrogen) atoms. The van der Waals surface area contributed by atoms with Gasteiger partial charge in [-0.3, -0.25) is 0 Å². The van der Waals surface area contributed by atoms with Gasteiger partial charge in [0.1, 0.15) is 24.9 Å². The SMILES string of the molecule is O=C(OC[C@H]1OC(O)[C@H](OC(=O)c2cc(O)c(O)c(O)c2)[C@@H](O)[C@@H]1O)c1cc(O)c(O)c(O)c1. The number of ether oxygens (including phenoxy) is 3. The number of phenols is 6. The quantitative estimate of drug-likeness (QED) is 0.178. The molecular weight excluding hydrogens is 464 g/mol. The maximum atomic E-state index is 12.2. The van der Waals surface area contributed by atoms with Crippen LogP contribution in [-0.2, 0) is 14.2 Å². The van der Waals surface area contributed by atoms with Crippen LogP contribution in [0.3, 0.4) is 0 Å². The van der Waals surface area contributed by atoms with Crippen LogP contribution in [0.15, 0.2) is 24.3 Å². The maximum absolute atomic E-state index is 12.2. The lowest BCUT2D eigenvalue weighted by Crippen LogP contribution is -2.60. The Morgan fingerprint density at radius 3 is 1.65 bits per heavy atom. The highest BCUT2D eigenvalue weighted by Gasteiger charge is 2.46. The van der Waals surface area contributed by atoms with Crippen molar-refractivity contribution in [3.63, 3.8) is 0 Å². The van der Waals surface area contributed by atoms with Gasteiger partial charge in [0, 0.05) is 0 Å². The number of carbonyl (C=O) groups excluding carboxylic acids is 2. The van der Waals surface area contributed by atoms with Crippen LogP contribution < -0.4 is 0 Å². The summed E-state index contributed by atoms with van der Waals surface area (Å²) in [7, 11) is 0. The molecule has 2 aromatic rings. The second-order valence-electron chi connectivity index (χ2n) is 7.24. The monoisotopic (exact) mass is 484 g/mol. The summed E-state index contributed by atoms with van der Waals surface area (Å²) in [5, 5.41) is 87.1. The van der Waals surface area contributed by atoms with Gasteiger partial charge in [0.15, 0.2) is 46.9 Å². The molecule has 14 nitrogen and oxygen atoms in total. The first-order valence-corrected chi connectivity index (χ1v) is 9.48. The topological polar surface area (TPSA) is 244 Å². The number of hydrogen-bond acceptors (Lipinski definition) is 14. The minimum atomic E-state index is -2.01. The number of phenolic OH excluding ortho intramolecular Hbond substituents is 6. The van der Waals surface area contributed by atoms with Crippen LogP contribution in [0.4, 0.5) is 0 Å². The van der Waals surface area contributed by atoms with Crippen LogP contribution in [0.2, 0.25) is 0 Å². The number of carbonyl (C=O) groups is 2. The average molecular weight is 484 g/mol. The highest BCUT2D eigenvalue weighted by molar-refractivity contribution is 5.91. The Morgan fingerprint density at radius 2 is 1.18 bits per heavy atom. The molecule has 14 heteroatoms. The van der Waals surface area contributed by atoms with E-state index < -0.39 is 89.3 Å². The average Bonchev–Trinajstić information content (AvgIpc) is 2.78. The van der Waals surface area contributed by atoms with Crippen LogP contribution in [0.1, 0.15) is 20.7 Å². The van der Waals surface area contributed by atoms with E-state index in [0.717, 1.165) is 24.3 Å². The summed E-state index contributed by atoms with van der Waals surface area (Å²) < 4.78 is 14.8. The molecule has 184 valence electrons. The van der Waals surface area contributed by atoms with E-state index in [1.54, 1.807) is 0 Å². The molecule has 0 aromatic heterocycles. The molecule has 0 aliphatic carbocycles. The summed E-state index contributed by atoms with van der Waals surface area (Å²) in [4.78, 5) is 24.3. The van der Waals surface area contributed by atoms with Gasteiger partial charge in [-0.25, -0.2) is 9.59 Å². The fourth-order valence-electron chi connectivity index (χ4n) is 3.06. The van der Waals surface area contributed by atoms with E-state index >= 15 is 0 Å². The molecule has 5 atom stereocenters. The maximum Gasteiger partial charge on any atom is 0.338 e. The van der Waals surface area contributed by atoms with Crippen molar-refractivity contribution >= 4 is 11.9 Å². The van der Waals surface area contributed by atoms with Crippen molar-refractivity contribution < 1.29 is 69.8 Å². The molecule has 0 spiro atoms. The largest absolute Gasteiger partial charge is 0.504 e. The third-order valence-corrected chi connectivity index (χ3v) is 4.90. The molecule has 1 fully saturated rings. The van der Waals surface area contributed by atoms with Crippen LogP contribution in [0.5, 0.6) is 34.5 Å². The van der Waals surface area contributed by atoms with Gasteiger partial charge < -0.3 is 60.2 Å². The normalized spacial score (nSPS) is 24.4. The summed E-state index contributed by atoms with van der Waals surface area (Å²) >= 11 is 0. The lowest BCUT2D eigenvalue weighted by molar-refractivity contribution is -0.285. The number of hydrogen-bond donors (Lipinski definition) is 9. The second-order valence-corrected chi connectivity index (χ2v) is 7.24. The van der Waals surface area contributed by atoms with Gasteiger partial charge in [-0.05, 0) is 24.3 Å². The van der Waals surface area contributed by atoms with Gasteiger partial charge >= 0.3 is 11.9 Å². The predicted octanol–water partition coefficient (Wildman–Crippen LogP) is -1.26. The van der Waals surface area contributed by atoms with E-state index in [-0.39, 0.29) is 5.56 Å². The highest BCUT2D eigenvalue weighted by atomic mass is 16.7. The van der Waals surface area contributed by atoms with Crippen molar-refractivity contribution in [1.29, 1.82) is 0 Å². The molecule has 1 aliphatic rings. The summed E-state index contributed by atoms with van der Waals surface area (Å²) in [6.07, 6.45) is -9.11. The van der Waals surface area contributed by atoms with Crippen molar-refractivity contribution in [3.8, 4) is 34.5 Å². The van der Waals surface area contributed by atoms with Gasteiger partial charge in [-0.2, -0.15) is 0 Å². The first-order valence-electron chi connectivity index (χ1n) is 9.48. The zero-order valence-corrected chi connectivity index (χ0v) is 17.0. The Morgan fingerprint density at radius 1 is 0.735 bits per heavy atom. The van der Waals surface area contributed by atoms with Crippen LogP contribution >= 0.6 is 0 Å². The zero-order chi connectivity index (χ0) is 25.3. The molecule has 0 saturated carbocycles. The van der Waals surface area contributed by atoms with Crippen molar-refractivity contribution in [2.45, 2.75) is 30.7 Å². The molecule has 9 N–H and O–H groups in total. The van der Waals surface area contributed by atoms with Crippen LogP contribution in [0, 0.1) is 0 Å².